The molecule has 0 amide bonds. The molecule has 6 heteroatoms. The van der Waals surface area contributed by atoms with Gasteiger partial charge in [-0.15, -0.1) is 0 Å². The van der Waals surface area contributed by atoms with E-state index >= 15 is 0 Å². The first-order valence-electron chi connectivity index (χ1n) is 6.39. The molecule has 1 N–H and O–H groups in total. The summed E-state index contributed by atoms with van der Waals surface area (Å²) in [6.07, 6.45) is 2.28. The second kappa shape index (κ2) is 4.39. The molecule has 3 saturated heterocycles. The van der Waals surface area contributed by atoms with Crippen LogP contribution in [0.1, 0.15) is 12.8 Å². The second-order valence-electron chi connectivity index (χ2n) is 4.83. The molecule has 0 saturated carbocycles. The maximum absolute atomic E-state index is 13.2. The third-order valence-electron chi connectivity index (χ3n) is 3.87. The van der Waals surface area contributed by atoms with E-state index in [4.69, 9.17) is 0 Å². The van der Waals surface area contributed by atoms with Crippen molar-refractivity contribution in [1.82, 2.24) is 19.3 Å². The molecule has 3 heterocycles. The van der Waals surface area contributed by atoms with Crippen molar-refractivity contribution in [3.63, 3.8) is 0 Å². The molecule has 0 bridgehead atoms. The smallest absolute Gasteiger partial charge is 0.287 e. The Labute approximate surface area is 97.3 Å². The Balaban J connectivity index is 1.89. The molecule has 3 rings (SSSR count). The van der Waals surface area contributed by atoms with Gasteiger partial charge < -0.3 is 5.32 Å². The van der Waals surface area contributed by atoms with Crippen molar-refractivity contribution in [2.24, 2.45) is 0 Å². The van der Waals surface area contributed by atoms with E-state index < -0.39 is 7.59 Å². The number of hydrogen-bond donors (Lipinski definition) is 1. The van der Waals surface area contributed by atoms with Gasteiger partial charge in [-0.25, -0.2) is 14.0 Å². The van der Waals surface area contributed by atoms with Gasteiger partial charge >= 0.3 is 0 Å². The van der Waals surface area contributed by atoms with E-state index in [0.717, 1.165) is 65.2 Å². The molecule has 0 aliphatic carbocycles. The molecular weight excluding hydrogens is 223 g/mol. The van der Waals surface area contributed by atoms with Crippen molar-refractivity contribution in [1.29, 1.82) is 0 Å². The molecular formula is C10H21N4OP. The molecule has 3 aliphatic rings. The highest BCUT2D eigenvalue weighted by molar-refractivity contribution is 7.56. The number of hydrogen-bond acceptors (Lipinski definition) is 2. The average Bonchev–Trinajstić information content (AvgIpc) is 2.64. The van der Waals surface area contributed by atoms with Gasteiger partial charge in [0.05, 0.1) is 0 Å². The molecule has 0 aromatic heterocycles. The lowest BCUT2D eigenvalue weighted by Gasteiger charge is -2.41. The van der Waals surface area contributed by atoms with Crippen LogP contribution in [0.15, 0.2) is 0 Å². The Morgan fingerprint density at radius 2 is 1.38 bits per heavy atom. The zero-order valence-corrected chi connectivity index (χ0v) is 10.7. The van der Waals surface area contributed by atoms with Gasteiger partial charge in [0.15, 0.2) is 0 Å². The van der Waals surface area contributed by atoms with Crippen LogP contribution in [0, 0.1) is 0 Å². The average molecular weight is 244 g/mol. The fraction of sp³-hybridized carbons (Fsp3) is 1.00. The number of nitrogens with one attached hydrogen (secondary N) is 1. The zero-order chi connectivity index (χ0) is 11.0. The largest absolute Gasteiger partial charge is 0.315 e. The lowest BCUT2D eigenvalue weighted by Crippen LogP contribution is -2.41. The Kier molecular flexibility index (Phi) is 3.07. The summed E-state index contributed by atoms with van der Waals surface area (Å²) in [6.45, 7) is 7.98. The monoisotopic (exact) mass is 244 g/mol. The van der Waals surface area contributed by atoms with E-state index in [0.29, 0.717) is 0 Å². The SMILES string of the molecule is O=P12N3CCCN1CCN2CCCNCC3. The van der Waals surface area contributed by atoms with Gasteiger partial charge in [0, 0.05) is 45.8 Å². The summed E-state index contributed by atoms with van der Waals surface area (Å²) in [4.78, 5) is 0. The standard InChI is InChI=1S/C10H21N4OP/c15-16-12-6-2-7-14(16)10-9-13(16)5-1-3-11-4-8-12/h11H,1-10H2. The first-order chi connectivity index (χ1) is 7.82. The van der Waals surface area contributed by atoms with E-state index in [1.807, 2.05) is 0 Å². The van der Waals surface area contributed by atoms with E-state index in [1.165, 1.54) is 0 Å². The second-order valence-corrected chi connectivity index (χ2v) is 7.55. The Morgan fingerprint density at radius 1 is 0.750 bits per heavy atom. The van der Waals surface area contributed by atoms with Crippen molar-refractivity contribution >= 4 is 7.59 Å². The third-order valence-corrected chi connectivity index (χ3v) is 7.28. The molecule has 0 aromatic rings. The van der Waals surface area contributed by atoms with Gasteiger partial charge in [0.2, 0.25) is 0 Å². The van der Waals surface area contributed by atoms with Gasteiger partial charge in [0.1, 0.15) is 0 Å². The molecule has 0 aromatic carbocycles. The van der Waals surface area contributed by atoms with E-state index in [-0.39, 0.29) is 0 Å². The zero-order valence-electron chi connectivity index (χ0n) is 9.77. The molecule has 5 nitrogen and oxygen atoms in total. The van der Waals surface area contributed by atoms with Gasteiger partial charge in [-0.05, 0) is 19.4 Å². The van der Waals surface area contributed by atoms with E-state index in [2.05, 4.69) is 19.3 Å². The third kappa shape index (κ3) is 1.66. The van der Waals surface area contributed by atoms with Gasteiger partial charge in [-0.1, -0.05) is 0 Å². The van der Waals surface area contributed by atoms with Crippen LogP contribution in [-0.4, -0.2) is 66.4 Å². The highest BCUT2D eigenvalue weighted by Gasteiger charge is 2.48. The van der Waals surface area contributed by atoms with Crippen molar-refractivity contribution in [3.8, 4) is 0 Å². The predicted octanol–water partition coefficient (Wildman–Crippen LogP) is 0.411. The summed E-state index contributed by atoms with van der Waals surface area (Å²) in [5.74, 6) is 0. The van der Waals surface area contributed by atoms with Crippen molar-refractivity contribution in [2.45, 2.75) is 12.8 Å². The fourth-order valence-electron chi connectivity index (χ4n) is 3.04. The first-order valence-corrected chi connectivity index (χ1v) is 7.95. The molecule has 0 radical (unpaired) electrons. The van der Waals surface area contributed by atoms with Crippen LogP contribution in [0.3, 0.4) is 0 Å². The normalized spacial score (nSPS) is 38.8. The minimum atomic E-state index is -2.33. The van der Waals surface area contributed by atoms with Crippen LogP contribution in [0.25, 0.3) is 0 Å². The minimum absolute atomic E-state index is 0.935. The topological polar surface area (TPSA) is 38.8 Å². The summed E-state index contributed by atoms with van der Waals surface area (Å²) >= 11 is 0. The minimum Gasteiger partial charge on any atom is -0.315 e. The highest BCUT2D eigenvalue weighted by Crippen LogP contribution is 2.61. The lowest BCUT2D eigenvalue weighted by atomic mass is 10.3. The van der Waals surface area contributed by atoms with Crippen LogP contribution in [-0.2, 0) is 4.57 Å². The molecule has 0 spiro atoms. The lowest BCUT2D eigenvalue weighted by molar-refractivity contribution is 0.286. The summed E-state index contributed by atoms with van der Waals surface area (Å²) in [7, 11) is -2.33. The van der Waals surface area contributed by atoms with Crippen molar-refractivity contribution in [2.75, 3.05) is 52.4 Å². The van der Waals surface area contributed by atoms with Crippen LogP contribution in [0.2, 0.25) is 0 Å². The maximum Gasteiger partial charge on any atom is 0.287 e. The highest BCUT2D eigenvalue weighted by atomic mass is 31.2. The van der Waals surface area contributed by atoms with Crippen LogP contribution in [0.4, 0.5) is 0 Å². The summed E-state index contributed by atoms with van der Waals surface area (Å²) < 4.78 is 19.9. The van der Waals surface area contributed by atoms with Crippen LogP contribution >= 0.6 is 7.59 Å². The molecule has 92 valence electrons. The van der Waals surface area contributed by atoms with Crippen molar-refractivity contribution in [3.05, 3.63) is 0 Å². The first kappa shape index (κ1) is 11.2. The van der Waals surface area contributed by atoms with Gasteiger partial charge in [-0.2, -0.15) is 0 Å². The Hall–Kier alpha value is 0.0700. The summed E-state index contributed by atoms with van der Waals surface area (Å²) in [5.41, 5.74) is 0. The van der Waals surface area contributed by atoms with E-state index in [9.17, 15) is 4.57 Å². The summed E-state index contributed by atoms with van der Waals surface area (Å²) in [5, 5.41) is 3.43. The van der Waals surface area contributed by atoms with Crippen molar-refractivity contribution < 1.29 is 4.57 Å². The van der Waals surface area contributed by atoms with Gasteiger partial charge in [0.25, 0.3) is 7.59 Å². The fourth-order valence-corrected chi connectivity index (χ4v) is 6.38. The Bertz CT molecular complexity index is 311. The predicted molar refractivity (Wildman–Crippen MR) is 64.4 cm³/mol. The number of nitrogens with zero attached hydrogens (tertiary/aromatic N) is 3. The molecule has 1 atom stereocenters. The van der Waals surface area contributed by atoms with Crippen LogP contribution in [0.5, 0.6) is 0 Å². The summed E-state index contributed by atoms with van der Waals surface area (Å²) in [6, 6.07) is 0. The maximum atomic E-state index is 13.2. The quantitative estimate of drug-likeness (QED) is 0.625. The van der Waals surface area contributed by atoms with Crippen LogP contribution < -0.4 is 5.32 Å². The van der Waals surface area contributed by atoms with E-state index in [1.54, 1.807) is 0 Å². The number of rotatable bonds is 0. The van der Waals surface area contributed by atoms with Gasteiger partial charge in [-0.3, -0.25) is 4.57 Å². The Morgan fingerprint density at radius 3 is 2.12 bits per heavy atom. The molecule has 16 heavy (non-hydrogen) atoms. The molecule has 3 fully saturated rings. The molecule has 3 aliphatic heterocycles. The molecule has 1 unspecified atom stereocenters.